The first-order valence-corrected chi connectivity index (χ1v) is 11.2. The zero-order chi connectivity index (χ0) is 19.1. The number of nitrogens with one attached hydrogen (secondary N) is 1. The Labute approximate surface area is 148 Å². The third-order valence-electron chi connectivity index (χ3n) is 3.02. The lowest BCUT2D eigenvalue weighted by atomic mass is 10.3. The lowest BCUT2D eigenvalue weighted by Gasteiger charge is -2.17. The van der Waals surface area contributed by atoms with E-state index >= 15 is 0 Å². The average Bonchev–Trinajstić information content (AvgIpc) is 2.53. The smallest absolute Gasteiger partial charge is 0.261 e. The van der Waals surface area contributed by atoms with Crippen molar-refractivity contribution in [2.24, 2.45) is 0 Å². The van der Waals surface area contributed by atoms with E-state index in [-0.39, 0.29) is 0 Å². The maximum absolute atomic E-state index is 11.2. The molecule has 144 valence electrons. The molecule has 0 saturated carbocycles. The summed E-state index contributed by atoms with van der Waals surface area (Å²) in [4.78, 5) is 2.24. The van der Waals surface area contributed by atoms with Crippen molar-refractivity contribution in [3.05, 3.63) is 18.2 Å². The van der Waals surface area contributed by atoms with Crippen LogP contribution in [0.25, 0.3) is 0 Å². The van der Waals surface area contributed by atoms with E-state index in [4.69, 9.17) is 14.0 Å². The minimum absolute atomic E-state index is 0.474. The molecular weight excluding hydrogens is 372 g/mol. The molecule has 0 aromatic heterocycles. The van der Waals surface area contributed by atoms with Crippen LogP contribution in [0.1, 0.15) is 6.92 Å². The third-order valence-corrected chi connectivity index (χ3v) is 3.63. The van der Waals surface area contributed by atoms with Gasteiger partial charge in [-0.1, -0.05) is 6.92 Å². The Kier molecular flexibility index (Phi) is 7.93. The third kappa shape index (κ3) is 10.1. The van der Waals surface area contributed by atoms with Crippen molar-refractivity contribution in [3.63, 3.8) is 0 Å². The summed E-state index contributed by atoms with van der Waals surface area (Å²) < 4.78 is 62.2. The topological polar surface area (TPSA) is 122 Å². The number of sulfonamides is 1. The second kappa shape index (κ2) is 9.22. The number of hydrogen-bond acceptors (Lipinski definition) is 7. The van der Waals surface area contributed by atoms with E-state index in [0.29, 0.717) is 36.7 Å². The SMILES string of the molecule is CCN1CCOc2ccc(NS(C)(=O)=O)cc2OCC1.CS(=O)(=O)O. The Balaban J connectivity index is 0.000000550. The molecule has 2 rings (SSSR count). The zero-order valence-electron chi connectivity index (χ0n) is 14.4. The molecule has 0 radical (unpaired) electrons. The van der Waals surface area contributed by atoms with E-state index in [1.54, 1.807) is 18.2 Å². The number of likely N-dealkylation sites (N-methyl/N-ethyl adjacent to an activating group) is 1. The normalized spacial score (nSPS) is 15.8. The van der Waals surface area contributed by atoms with Crippen molar-refractivity contribution in [2.75, 3.05) is 50.1 Å². The summed E-state index contributed by atoms with van der Waals surface area (Å²) in [6, 6.07) is 5.04. The van der Waals surface area contributed by atoms with Crippen molar-refractivity contribution in [1.29, 1.82) is 0 Å². The number of benzene rings is 1. The van der Waals surface area contributed by atoms with E-state index in [0.717, 1.165) is 25.9 Å². The molecule has 0 aliphatic carbocycles. The summed E-state index contributed by atoms with van der Waals surface area (Å²) >= 11 is 0. The highest BCUT2D eigenvalue weighted by Gasteiger charge is 2.13. The summed E-state index contributed by atoms with van der Waals surface area (Å²) in [5, 5.41) is 0. The fourth-order valence-corrected chi connectivity index (χ4v) is 2.57. The van der Waals surface area contributed by atoms with Crippen LogP contribution in [0.2, 0.25) is 0 Å². The monoisotopic (exact) mass is 396 g/mol. The lowest BCUT2D eigenvalue weighted by Crippen LogP contribution is -2.31. The van der Waals surface area contributed by atoms with Crippen molar-refractivity contribution in [1.82, 2.24) is 4.90 Å². The molecule has 1 aliphatic heterocycles. The molecule has 2 N–H and O–H groups in total. The van der Waals surface area contributed by atoms with Gasteiger partial charge >= 0.3 is 0 Å². The van der Waals surface area contributed by atoms with Gasteiger partial charge in [0.2, 0.25) is 10.0 Å². The van der Waals surface area contributed by atoms with E-state index < -0.39 is 20.1 Å². The molecule has 9 nitrogen and oxygen atoms in total. The van der Waals surface area contributed by atoms with E-state index in [1.165, 1.54) is 0 Å². The molecule has 1 heterocycles. The van der Waals surface area contributed by atoms with Crippen LogP contribution in [0.15, 0.2) is 18.2 Å². The maximum Gasteiger partial charge on any atom is 0.261 e. The molecule has 0 amide bonds. The Morgan fingerprint density at radius 2 is 1.60 bits per heavy atom. The van der Waals surface area contributed by atoms with Gasteiger partial charge in [0.25, 0.3) is 10.1 Å². The fraction of sp³-hybridized carbons (Fsp3) is 0.571. The average molecular weight is 396 g/mol. The quantitative estimate of drug-likeness (QED) is 0.714. The van der Waals surface area contributed by atoms with Crippen LogP contribution in [0.5, 0.6) is 11.5 Å². The molecule has 0 saturated heterocycles. The summed E-state index contributed by atoms with van der Waals surface area (Å²) in [5.74, 6) is 1.21. The van der Waals surface area contributed by atoms with Gasteiger partial charge in [-0.2, -0.15) is 8.42 Å². The first-order valence-electron chi connectivity index (χ1n) is 7.50. The molecule has 11 heteroatoms. The summed E-state index contributed by atoms with van der Waals surface area (Å²) in [6.45, 7) is 5.85. The zero-order valence-corrected chi connectivity index (χ0v) is 16.1. The van der Waals surface area contributed by atoms with Crippen LogP contribution >= 0.6 is 0 Å². The first-order chi connectivity index (χ1) is 11.5. The molecule has 1 aliphatic rings. The minimum Gasteiger partial charge on any atom is -0.488 e. The van der Waals surface area contributed by atoms with Gasteiger partial charge in [-0.05, 0) is 18.7 Å². The van der Waals surface area contributed by atoms with Gasteiger partial charge in [0.15, 0.2) is 11.5 Å². The molecule has 0 spiro atoms. The second-order valence-electron chi connectivity index (χ2n) is 5.40. The highest BCUT2D eigenvalue weighted by atomic mass is 32.2. The van der Waals surface area contributed by atoms with Gasteiger partial charge in [0.05, 0.1) is 18.2 Å². The number of rotatable bonds is 3. The van der Waals surface area contributed by atoms with Gasteiger partial charge < -0.3 is 9.47 Å². The van der Waals surface area contributed by atoms with Gasteiger partial charge in [-0.3, -0.25) is 14.2 Å². The van der Waals surface area contributed by atoms with Gasteiger partial charge in [-0.25, -0.2) is 8.42 Å². The number of anilines is 1. The highest BCUT2D eigenvalue weighted by molar-refractivity contribution is 7.92. The second-order valence-corrected chi connectivity index (χ2v) is 8.61. The highest BCUT2D eigenvalue weighted by Crippen LogP contribution is 2.31. The fourth-order valence-electron chi connectivity index (χ4n) is 2.02. The van der Waals surface area contributed by atoms with Crippen LogP contribution < -0.4 is 14.2 Å². The predicted octanol–water partition coefficient (Wildman–Crippen LogP) is 0.655. The molecule has 0 unspecified atom stereocenters. The molecule has 0 atom stereocenters. The van der Waals surface area contributed by atoms with E-state index in [2.05, 4.69) is 16.5 Å². The lowest BCUT2D eigenvalue weighted by molar-refractivity contribution is 0.204. The standard InChI is InChI=1S/C13H20N2O4S.CH4O3S/c1-3-15-6-8-18-12-5-4-11(14-20(2,16)17)10-13(12)19-9-7-15;1-5(2,3)4/h4-5,10,14H,3,6-9H2,1-2H3;1H3,(H,2,3,4). The predicted molar refractivity (Wildman–Crippen MR) is 95.5 cm³/mol. The van der Waals surface area contributed by atoms with Gasteiger partial charge in [0.1, 0.15) is 13.2 Å². The Morgan fingerprint density at radius 3 is 2.08 bits per heavy atom. The summed E-state index contributed by atoms with van der Waals surface area (Å²) in [5.41, 5.74) is 0.474. The number of fused-ring (bicyclic) bond motifs is 1. The van der Waals surface area contributed by atoms with Crippen molar-refractivity contribution < 1.29 is 30.9 Å². The van der Waals surface area contributed by atoms with Crippen molar-refractivity contribution in [3.8, 4) is 11.5 Å². The Bertz CT molecular complexity index is 755. The molecule has 0 fully saturated rings. The van der Waals surface area contributed by atoms with Crippen molar-refractivity contribution >= 4 is 25.8 Å². The first kappa shape index (κ1) is 21.5. The molecule has 1 aromatic rings. The van der Waals surface area contributed by atoms with Crippen LogP contribution in [-0.4, -0.2) is 71.6 Å². The van der Waals surface area contributed by atoms with Crippen molar-refractivity contribution in [2.45, 2.75) is 6.92 Å². The van der Waals surface area contributed by atoms with Gasteiger partial charge in [-0.15, -0.1) is 0 Å². The van der Waals surface area contributed by atoms with E-state index in [1.807, 2.05) is 0 Å². The Morgan fingerprint density at radius 1 is 1.08 bits per heavy atom. The summed E-state index contributed by atoms with van der Waals surface area (Å²) in [7, 11) is -6.96. The minimum atomic E-state index is -3.67. The van der Waals surface area contributed by atoms with Gasteiger partial charge in [0, 0.05) is 19.2 Å². The number of hydrogen-bond donors (Lipinski definition) is 2. The largest absolute Gasteiger partial charge is 0.488 e. The van der Waals surface area contributed by atoms with Crippen LogP contribution in [0, 0.1) is 0 Å². The molecular formula is C14H24N2O7S2. The molecule has 25 heavy (non-hydrogen) atoms. The molecule has 0 bridgehead atoms. The number of nitrogens with zero attached hydrogens (tertiary/aromatic N) is 1. The maximum atomic E-state index is 11.2. The number of ether oxygens (including phenoxy) is 2. The van der Waals surface area contributed by atoms with E-state index in [9.17, 15) is 16.8 Å². The summed E-state index contributed by atoms with van der Waals surface area (Å²) in [6.07, 6.45) is 1.83. The Hall–Kier alpha value is -1.56. The van der Waals surface area contributed by atoms with Crippen LogP contribution in [-0.2, 0) is 20.1 Å². The van der Waals surface area contributed by atoms with Crippen LogP contribution in [0.4, 0.5) is 5.69 Å². The molecule has 1 aromatic carbocycles. The van der Waals surface area contributed by atoms with Crippen LogP contribution in [0.3, 0.4) is 0 Å².